The van der Waals surface area contributed by atoms with Crippen LogP contribution in [0.15, 0.2) is 29.6 Å². The molecule has 1 aliphatic rings. The predicted molar refractivity (Wildman–Crippen MR) is 83.8 cm³/mol. The molecule has 0 bridgehead atoms. The van der Waals surface area contributed by atoms with Gasteiger partial charge in [-0.25, -0.2) is 0 Å². The highest BCUT2D eigenvalue weighted by Crippen LogP contribution is 2.36. The Morgan fingerprint density at radius 2 is 2.05 bits per heavy atom. The molecule has 0 radical (unpaired) electrons. The van der Waals surface area contributed by atoms with Crippen LogP contribution in [-0.2, 0) is 0 Å². The standard InChI is InChI=1S/C16H19NO3S/c1-3-17-16(15-9-12(18-2)10-21-15)11-4-5-13-14(8-11)20-7-6-19-13/h4-5,8-10,16-17H,3,6-7H2,1-2H3. The van der Waals surface area contributed by atoms with E-state index in [9.17, 15) is 0 Å². The van der Waals surface area contributed by atoms with Gasteiger partial charge in [0.1, 0.15) is 19.0 Å². The van der Waals surface area contributed by atoms with Crippen LogP contribution in [0.2, 0.25) is 0 Å². The van der Waals surface area contributed by atoms with Crippen LogP contribution in [0.5, 0.6) is 17.2 Å². The zero-order chi connectivity index (χ0) is 14.7. The van der Waals surface area contributed by atoms with Crippen LogP contribution in [0.4, 0.5) is 0 Å². The van der Waals surface area contributed by atoms with Gasteiger partial charge in [0.25, 0.3) is 0 Å². The zero-order valence-corrected chi connectivity index (χ0v) is 13.0. The lowest BCUT2D eigenvalue weighted by Gasteiger charge is -2.22. The number of thiophene rings is 1. The highest BCUT2D eigenvalue weighted by atomic mass is 32.1. The summed E-state index contributed by atoms with van der Waals surface area (Å²) in [4.78, 5) is 1.23. The highest BCUT2D eigenvalue weighted by Gasteiger charge is 2.19. The first kappa shape index (κ1) is 14.2. The van der Waals surface area contributed by atoms with Gasteiger partial charge in [-0.3, -0.25) is 0 Å². The van der Waals surface area contributed by atoms with Crippen molar-refractivity contribution < 1.29 is 14.2 Å². The van der Waals surface area contributed by atoms with Crippen LogP contribution in [-0.4, -0.2) is 26.9 Å². The third-order valence-electron chi connectivity index (χ3n) is 3.42. The average molecular weight is 305 g/mol. The molecule has 21 heavy (non-hydrogen) atoms. The van der Waals surface area contributed by atoms with Gasteiger partial charge >= 0.3 is 0 Å². The summed E-state index contributed by atoms with van der Waals surface area (Å²) in [5.41, 5.74) is 1.17. The van der Waals surface area contributed by atoms with Crippen LogP contribution in [0.1, 0.15) is 23.4 Å². The van der Waals surface area contributed by atoms with E-state index in [0.29, 0.717) is 13.2 Å². The van der Waals surface area contributed by atoms with Gasteiger partial charge in [-0.05, 0) is 30.3 Å². The Hall–Kier alpha value is -1.72. The van der Waals surface area contributed by atoms with Crippen molar-refractivity contribution in [2.75, 3.05) is 26.9 Å². The minimum Gasteiger partial charge on any atom is -0.496 e. The molecular formula is C16H19NO3S. The number of rotatable bonds is 5. The molecule has 2 heterocycles. The SMILES string of the molecule is CCNC(c1ccc2c(c1)OCCO2)c1cc(OC)cs1. The first-order valence-electron chi connectivity index (χ1n) is 7.07. The number of fused-ring (bicyclic) bond motifs is 1. The van der Waals surface area contributed by atoms with Gasteiger partial charge in [0.2, 0.25) is 0 Å². The molecule has 1 aliphatic heterocycles. The van der Waals surface area contributed by atoms with Crippen molar-refractivity contribution in [3.8, 4) is 17.2 Å². The van der Waals surface area contributed by atoms with E-state index < -0.39 is 0 Å². The third kappa shape index (κ3) is 2.99. The van der Waals surface area contributed by atoms with E-state index in [2.05, 4.69) is 30.4 Å². The fraction of sp³-hybridized carbons (Fsp3) is 0.375. The maximum absolute atomic E-state index is 5.68. The van der Waals surface area contributed by atoms with Crippen LogP contribution in [0, 0.1) is 0 Å². The summed E-state index contributed by atoms with van der Waals surface area (Å²) in [5.74, 6) is 2.55. The molecule has 1 unspecified atom stereocenters. The van der Waals surface area contributed by atoms with Crippen molar-refractivity contribution in [3.05, 3.63) is 40.1 Å². The van der Waals surface area contributed by atoms with Gasteiger partial charge in [-0.15, -0.1) is 11.3 Å². The first-order chi connectivity index (χ1) is 10.3. The number of ether oxygens (including phenoxy) is 3. The van der Waals surface area contributed by atoms with Crippen molar-refractivity contribution in [2.45, 2.75) is 13.0 Å². The molecule has 0 amide bonds. The average Bonchev–Trinajstić information content (AvgIpc) is 3.01. The van der Waals surface area contributed by atoms with Crippen LogP contribution < -0.4 is 19.5 Å². The Morgan fingerprint density at radius 3 is 2.76 bits per heavy atom. The van der Waals surface area contributed by atoms with Gasteiger partial charge in [-0.1, -0.05) is 13.0 Å². The molecule has 0 saturated heterocycles. The Balaban J connectivity index is 1.93. The number of benzene rings is 1. The number of nitrogens with one attached hydrogen (secondary N) is 1. The van der Waals surface area contributed by atoms with E-state index >= 15 is 0 Å². The van der Waals surface area contributed by atoms with Crippen molar-refractivity contribution in [1.82, 2.24) is 5.32 Å². The summed E-state index contributed by atoms with van der Waals surface area (Å²) >= 11 is 1.69. The normalized spacial score (nSPS) is 14.8. The molecule has 5 heteroatoms. The largest absolute Gasteiger partial charge is 0.496 e. The Labute approximate surface area is 128 Å². The molecular weight excluding hydrogens is 286 g/mol. The second-order valence-electron chi connectivity index (χ2n) is 4.78. The number of methoxy groups -OCH3 is 1. The van der Waals surface area contributed by atoms with E-state index in [1.54, 1.807) is 18.4 Å². The molecule has 3 rings (SSSR count). The van der Waals surface area contributed by atoms with Crippen molar-refractivity contribution in [3.63, 3.8) is 0 Å². The van der Waals surface area contributed by atoms with Crippen molar-refractivity contribution >= 4 is 11.3 Å². The van der Waals surface area contributed by atoms with Gasteiger partial charge in [-0.2, -0.15) is 0 Å². The first-order valence-corrected chi connectivity index (χ1v) is 7.95. The Morgan fingerprint density at radius 1 is 1.24 bits per heavy atom. The van der Waals surface area contributed by atoms with Gasteiger partial charge in [0, 0.05) is 10.3 Å². The molecule has 0 fully saturated rings. The molecule has 0 aliphatic carbocycles. The van der Waals surface area contributed by atoms with Crippen LogP contribution in [0.3, 0.4) is 0 Å². The van der Waals surface area contributed by atoms with E-state index in [4.69, 9.17) is 14.2 Å². The minimum absolute atomic E-state index is 0.139. The second kappa shape index (κ2) is 6.37. The van der Waals surface area contributed by atoms with E-state index in [1.807, 2.05) is 11.4 Å². The van der Waals surface area contributed by atoms with Crippen molar-refractivity contribution in [2.24, 2.45) is 0 Å². The smallest absolute Gasteiger partial charge is 0.161 e. The van der Waals surface area contributed by atoms with Gasteiger partial charge in [0.15, 0.2) is 11.5 Å². The molecule has 1 N–H and O–H groups in total. The molecule has 4 nitrogen and oxygen atoms in total. The van der Waals surface area contributed by atoms with Crippen LogP contribution in [0.25, 0.3) is 0 Å². The topological polar surface area (TPSA) is 39.7 Å². The lowest BCUT2D eigenvalue weighted by molar-refractivity contribution is 0.171. The monoisotopic (exact) mass is 305 g/mol. The summed E-state index contributed by atoms with van der Waals surface area (Å²) < 4.78 is 16.6. The summed E-state index contributed by atoms with van der Waals surface area (Å²) in [6.45, 7) is 4.22. The Bertz CT molecular complexity index is 611. The lowest BCUT2D eigenvalue weighted by Crippen LogP contribution is -2.22. The van der Waals surface area contributed by atoms with E-state index in [-0.39, 0.29) is 6.04 Å². The van der Waals surface area contributed by atoms with Crippen molar-refractivity contribution in [1.29, 1.82) is 0 Å². The number of hydrogen-bond acceptors (Lipinski definition) is 5. The molecule has 1 aromatic heterocycles. The zero-order valence-electron chi connectivity index (χ0n) is 12.2. The quantitative estimate of drug-likeness (QED) is 0.920. The van der Waals surface area contributed by atoms with Gasteiger partial charge < -0.3 is 19.5 Å². The fourth-order valence-electron chi connectivity index (χ4n) is 2.42. The fourth-order valence-corrected chi connectivity index (χ4v) is 3.38. The maximum Gasteiger partial charge on any atom is 0.161 e. The summed E-state index contributed by atoms with van der Waals surface area (Å²) in [7, 11) is 1.69. The van der Waals surface area contributed by atoms with Crippen LogP contribution >= 0.6 is 11.3 Å². The number of hydrogen-bond donors (Lipinski definition) is 1. The summed E-state index contributed by atoms with van der Waals surface area (Å²) in [6.07, 6.45) is 0. The molecule has 1 aromatic carbocycles. The summed E-state index contributed by atoms with van der Waals surface area (Å²) in [5, 5.41) is 5.54. The van der Waals surface area contributed by atoms with E-state index in [1.165, 1.54) is 10.4 Å². The maximum atomic E-state index is 5.68. The molecule has 0 spiro atoms. The second-order valence-corrected chi connectivity index (χ2v) is 5.73. The predicted octanol–water partition coefficient (Wildman–Crippen LogP) is 3.23. The molecule has 2 aromatic rings. The molecule has 1 atom stereocenters. The lowest BCUT2D eigenvalue weighted by atomic mass is 10.0. The molecule has 112 valence electrons. The molecule has 0 saturated carbocycles. The van der Waals surface area contributed by atoms with E-state index in [0.717, 1.165) is 23.8 Å². The summed E-state index contributed by atoms with van der Waals surface area (Å²) in [6, 6.07) is 8.36. The Kier molecular flexibility index (Phi) is 4.31. The minimum atomic E-state index is 0.139. The highest BCUT2D eigenvalue weighted by molar-refractivity contribution is 7.10. The van der Waals surface area contributed by atoms with Gasteiger partial charge in [0.05, 0.1) is 13.2 Å². The third-order valence-corrected chi connectivity index (χ3v) is 4.40.